The highest BCUT2D eigenvalue weighted by Gasteiger charge is 2.30. The number of anilines is 2. The van der Waals surface area contributed by atoms with E-state index in [0.717, 1.165) is 41.1 Å². The molecule has 1 saturated carbocycles. The maximum atomic E-state index is 12.6. The van der Waals surface area contributed by atoms with Crippen LogP contribution in [0.15, 0.2) is 42.5 Å². The third-order valence-electron chi connectivity index (χ3n) is 5.23. The molecule has 0 saturated heterocycles. The van der Waals surface area contributed by atoms with Crippen molar-refractivity contribution in [3.63, 3.8) is 0 Å². The molecule has 1 aliphatic carbocycles. The van der Waals surface area contributed by atoms with Crippen molar-refractivity contribution in [3.8, 4) is 5.75 Å². The van der Waals surface area contributed by atoms with Crippen molar-refractivity contribution in [1.82, 2.24) is 4.90 Å². The van der Waals surface area contributed by atoms with Crippen molar-refractivity contribution in [2.75, 3.05) is 30.3 Å². The average molecular weight is 410 g/mol. The highest BCUT2D eigenvalue weighted by molar-refractivity contribution is 5.94. The molecule has 2 amide bonds. The second-order valence-electron chi connectivity index (χ2n) is 7.77. The smallest absolute Gasteiger partial charge is 0.238 e. The van der Waals surface area contributed by atoms with Crippen molar-refractivity contribution < 1.29 is 14.3 Å². The number of carbonyl (C=O) groups excluding carboxylic acids is 2. The van der Waals surface area contributed by atoms with Crippen LogP contribution < -0.4 is 15.4 Å². The second-order valence-corrected chi connectivity index (χ2v) is 7.77. The number of nitrogens with one attached hydrogen (secondary N) is 2. The third-order valence-corrected chi connectivity index (χ3v) is 5.23. The van der Waals surface area contributed by atoms with Gasteiger partial charge in [0.25, 0.3) is 0 Å². The van der Waals surface area contributed by atoms with E-state index in [1.807, 2.05) is 63.2 Å². The minimum atomic E-state index is -0.0556. The number of ether oxygens (including phenoxy) is 1. The summed E-state index contributed by atoms with van der Waals surface area (Å²) in [6.45, 7) is 7.39. The first-order valence-electron chi connectivity index (χ1n) is 10.6. The monoisotopic (exact) mass is 409 g/mol. The van der Waals surface area contributed by atoms with Crippen molar-refractivity contribution in [2.24, 2.45) is 0 Å². The highest BCUT2D eigenvalue weighted by atomic mass is 16.5. The summed E-state index contributed by atoms with van der Waals surface area (Å²) >= 11 is 0. The standard InChI is InChI=1S/C24H31N3O3/c1-4-30-21-12-8-19(9-13-21)25-22(28)14-15-27(20-10-11-20)16-23(29)26-24-17(2)6-5-7-18(24)3/h5-9,12-13,20H,4,10-11,14-16H2,1-3H3,(H,25,28)(H,26,29). The van der Waals surface area contributed by atoms with Crippen LogP contribution in [0.4, 0.5) is 11.4 Å². The summed E-state index contributed by atoms with van der Waals surface area (Å²) in [5.74, 6) is 0.691. The normalized spacial score (nSPS) is 13.2. The lowest BCUT2D eigenvalue weighted by molar-refractivity contribution is -0.119. The van der Waals surface area contributed by atoms with Crippen LogP contribution >= 0.6 is 0 Å². The first-order chi connectivity index (χ1) is 14.5. The quantitative estimate of drug-likeness (QED) is 0.619. The van der Waals surface area contributed by atoms with Crippen molar-refractivity contribution in [1.29, 1.82) is 0 Å². The molecule has 0 heterocycles. The average Bonchev–Trinajstić information content (AvgIpc) is 3.55. The van der Waals surface area contributed by atoms with E-state index >= 15 is 0 Å². The summed E-state index contributed by atoms with van der Waals surface area (Å²) in [6.07, 6.45) is 2.51. The van der Waals surface area contributed by atoms with Crippen molar-refractivity contribution >= 4 is 23.2 Å². The molecular weight excluding hydrogens is 378 g/mol. The van der Waals surface area contributed by atoms with Gasteiger partial charge >= 0.3 is 0 Å². The molecule has 0 aromatic heterocycles. The molecule has 6 nitrogen and oxygen atoms in total. The number of rotatable bonds is 10. The molecule has 1 fully saturated rings. The van der Waals surface area contributed by atoms with Crippen LogP contribution in [0.2, 0.25) is 0 Å². The van der Waals surface area contributed by atoms with Crippen LogP contribution in [-0.2, 0) is 9.59 Å². The van der Waals surface area contributed by atoms with E-state index in [1.165, 1.54) is 0 Å². The lowest BCUT2D eigenvalue weighted by Gasteiger charge is -2.22. The molecule has 0 bridgehead atoms. The van der Waals surface area contributed by atoms with Crippen LogP contribution in [0.5, 0.6) is 5.75 Å². The minimum absolute atomic E-state index is 0.0359. The van der Waals surface area contributed by atoms with E-state index < -0.39 is 0 Å². The number of para-hydroxylation sites is 1. The van der Waals surface area contributed by atoms with E-state index in [4.69, 9.17) is 4.74 Å². The number of aryl methyl sites for hydroxylation is 2. The lowest BCUT2D eigenvalue weighted by Crippen LogP contribution is -2.37. The maximum Gasteiger partial charge on any atom is 0.238 e. The molecule has 1 aliphatic rings. The van der Waals surface area contributed by atoms with Crippen LogP contribution in [0.25, 0.3) is 0 Å². The first kappa shape index (κ1) is 21.8. The molecule has 2 aromatic carbocycles. The fourth-order valence-electron chi connectivity index (χ4n) is 3.48. The van der Waals surface area contributed by atoms with E-state index in [9.17, 15) is 9.59 Å². The Kier molecular flexibility index (Phi) is 7.46. The molecule has 0 atom stereocenters. The summed E-state index contributed by atoms with van der Waals surface area (Å²) in [5, 5.41) is 5.95. The van der Waals surface area contributed by atoms with E-state index in [1.54, 1.807) is 0 Å². The number of nitrogens with zero attached hydrogens (tertiary/aromatic N) is 1. The molecule has 30 heavy (non-hydrogen) atoms. The molecule has 6 heteroatoms. The number of carbonyl (C=O) groups is 2. The number of benzene rings is 2. The molecule has 0 aliphatic heterocycles. The lowest BCUT2D eigenvalue weighted by atomic mass is 10.1. The highest BCUT2D eigenvalue weighted by Crippen LogP contribution is 2.27. The fourth-order valence-corrected chi connectivity index (χ4v) is 3.48. The Balaban J connectivity index is 1.49. The third kappa shape index (κ3) is 6.32. The van der Waals surface area contributed by atoms with Crippen LogP contribution in [0.1, 0.15) is 37.3 Å². The van der Waals surface area contributed by atoms with Crippen molar-refractivity contribution in [2.45, 2.75) is 46.1 Å². The SMILES string of the molecule is CCOc1ccc(NC(=O)CCN(CC(=O)Nc2c(C)cccc2C)C2CC2)cc1. The number of amides is 2. The van der Waals surface area contributed by atoms with Gasteiger partial charge in [-0.25, -0.2) is 0 Å². The van der Waals surface area contributed by atoms with Gasteiger partial charge in [-0.1, -0.05) is 18.2 Å². The van der Waals surface area contributed by atoms with Gasteiger partial charge in [-0.05, 0) is 69.0 Å². The van der Waals surface area contributed by atoms with Gasteiger partial charge in [0.05, 0.1) is 13.2 Å². The molecule has 2 aromatic rings. The van der Waals surface area contributed by atoms with Gasteiger partial charge in [-0.2, -0.15) is 0 Å². The van der Waals surface area contributed by atoms with Gasteiger partial charge < -0.3 is 15.4 Å². The Labute approximate surface area is 178 Å². The molecule has 0 unspecified atom stereocenters. The second kappa shape index (κ2) is 10.3. The van der Waals surface area contributed by atoms with Gasteiger partial charge in [-0.3, -0.25) is 14.5 Å². The Morgan fingerprint density at radius 3 is 2.27 bits per heavy atom. The zero-order chi connectivity index (χ0) is 21.5. The summed E-state index contributed by atoms with van der Waals surface area (Å²) in [7, 11) is 0. The van der Waals surface area contributed by atoms with E-state index in [0.29, 0.717) is 32.2 Å². The summed E-state index contributed by atoms with van der Waals surface area (Å²) in [4.78, 5) is 27.1. The molecule has 160 valence electrons. The number of hydrogen-bond donors (Lipinski definition) is 2. The predicted molar refractivity (Wildman–Crippen MR) is 120 cm³/mol. The molecule has 0 spiro atoms. The zero-order valence-electron chi connectivity index (χ0n) is 18.0. The first-order valence-corrected chi connectivity index (χ1v) is 10.6. The largest absolute Gasteiger partial charge is 0.494 e. The fraction of sp³-hybridized carbons (Fsp3) is 0.417. The molecule has 3 rings (SSSR count). The van der Waals surface area contributed by atoms with Gasteiger partial charge in [0, 0.05) is 30.4 Å². The van der Waals surface area contributed by atoms with Gasteiger partial charge in [0.2, 0.25) is 11.8 Å². The molecular formula is C24H31N3O3. The minimum Gasteiger partial charge on any atom is -0.494 e. The van der Waals surface area contributed by atoms with Crippen molar-refractivity contribution in [3.05, 3.63) is 53.6 Å². The number of hydrogen-bond acceptors (Lipinski definition) is 4. The molecule has 0 radical (unpaired) electrons. The topological polar surface area (TPSA) is 70.7 Å². The van der Waals surface area contributed by atoms with Crippen LogP contribution in [0.3, 0.4) is 0 Å². The Morgan fingerprint density at radius 1 is 1.00 bits per heavy atom. The molecule has 2 N–H and O–H groups in total. The summed E-state index contributed by atoms with van der Waals surface area (Å²) in [5.41, 5.74) is 3.73. The predicted octanol–water partition coefficient (Wildman–Crippen LogP) is 4.13. The maximum absolute atomic E-state index is 12.6. The Morgan fingerprint density at radius 2 is 1.67 bits per heavy atom. The van der Waals surface area contributed by atoms with E-state index in [2.05, 4.69) is 15.5 Å². The van der Waals surface area contributed by atoms with Crippen LogP contribution in [-0.4, -0.2) is 42.5 Å². The van der Waals surface area contributed by atoms with Crippen LogP contribution in [0, 0.1) is 13.8 Å². The van der Waals surface area contributed by atoms with E-state index in [-0.39, 0.29) is 11.8 Å². The summed E-state index contributed by atoms with van der Waals surface area (Å²) < 4.78 is 5.42. The van der Waals surface area contributed by atoms with Gasteiger partial charge in [0.1, 0.15) is 5.75 Å². The zero-order valence-corrected chi connectivity index (χ0v) is 18.0. The summed E-state index contributed by atoms with van der Waals surface area (Å²) in [6, 6.07) is 13.7. The Bertz CT molecular complexity index is 856. The Hall–Kier alpha value is -2.86. The van der Waals surface area contributed by atoms with Gasteiger partial charge in [0.15, 0.2) is 0 Å². The van der Waals surface area contributed by atoms with Gasteiger partial charge in [-0.15, -0.1) is 0 Å².